The van der Waals surface area contributed by atoms with Crippen molar-refractivity contribution in [2.24, 2.45) is 0 Å². The van der Waals surface area contributed by atoms with Gasteiger partial charge in [-0.3, -0.25) is 4.90 Å². The monoisotopic (exact) mass is 446 g/mol. The molecule has 0 radical (unpaired) electrons. The SMILES string of the molecule is c1ccc(Cn2c(CN3CCCCC3)nnc2SCc2noc(-c3ccccc3)n2)cc1. The minimum absolute atomic E-state index is 0.540. The fourth-order valence-electron chi connectivity index (χ4n) is 3.92. The summed E-state index contributed by atoms with van der Waals surface area (Å²) in [6, 6.07) is 20.3. The lowest BCUT2D eigenvalue weighted by Crippen LogP contribution is -2.30. The Labute approximate surface area is 191 Å². The van der Waals surface area contributed by atoms with E-state index < -0.39 is 0 Å². The lowest BCUT2D eigenvalue weighted by molar-refractivity contribution is 0.213. The number of hydrogen-bond acceptors (Lipinski definition) is 7. The van der Waals surface area contributed by atoms with Gasteiger partial charge in [0.05, 0.1) is 18.8 Å². The van der Waals surface area contributed by atoms with Gasteiger partial charge in [0.1, 0.15) is 5.82 Å². The molecule has 7 nitrogen and oxygen atoms in total. The standard InChI is InChI=1S/C24H26N6OS/c1-4-10-19(11-5-1)16-30-22(17-29-14-8-3-9-15-29)26-27-24(30)32-18-21-25-23(31-28-21)20-12-6-2-7-13-20/h1-2,4-7,10-13H,3,8-9,14-18H2. The molecule has 0 atom stereocenters. The van der Waals surface area contributed by atoms with Gasteiger partial charge >= 0.3 is 0 Å². The van der Waals surface area contributed by atoms with Gasteiger partial charge in [-0.15, -0.1) is 10.2 Å². The molecular weight excluding hydrogens is 420 g/mol. The summed E-state index contributed by atoms with van der Waals surface area (Å²) in [5.41, 5.74) is 2.16. The van der Waals surface area contributed by atoms with Crippen LogP contribution >= 0.6 is 11.8 Å². The van der Waals surface area contributed by atoms with Crippen LogP contribution in [0.15, 0.2) is 70.3 Å². The highest BCUT2D eigenvalue weighted by Gasteiger charge is 2.19. The van der Waals surface area contributed by atoms with E-state index in [1.165, 1.54) is 24.8 Å². The van der Waals surface area contributed by atoms with Gasteiger partial charge in [-0.2, -0.15) is 4.98 Å². The van der Waals surface area contributed by atoms with Crippen LogP contribution in [0.3, 0.4) is 0 Å². The molecule has 8 heteroatoms. The predicted octanol–water partition coefficient (Wildman–Crippen LogP) is 4.65. The van der Waals surface area contributed by atoms with Gasteiger partial charge in [0.25, 0.3) is 5.89 Å². The maximum atomic E-state index is 5.45. The molecule has 4 aromatic rings. The van der Waals surface area contributed by atoms with Gasteiger partial charge in [0.2, 0.25) is 0 Å². The molecule has 0 bridgehead atoms. The molecule has 0 N–H and O–H groups in total. The molecule has 5 rings (SSSR count). The fraction of sp³-hybridized carbons (Fsp3) is 0.333. The van der Waals surface area contributed by atoms with E-state index in [1.807, 2.05) is 36.4 Å². The second-order valence-corrected chi connectivity index (χ2v) is 8.92. The van der Waals surface area contributed by atoms with Gasteiger partial charge in [-0.1, -0.05) is 71.9 Å². The Morgan fingerprint density at radius 3 is 2.38 bits per heavy atom. The minimum Gasteiger partial charge on any atom is -0.334 e. The molecule has 2 aromatic carbocycles. The van der Waals surface area contributed by atoms with Crippen molar-refractivity contribution in [3.63, 3.8) is 0 Å². The van der Waals surface area contributed by atoms with Crippen LogP contribution in [0.25, 0.3) is 11.5 Å². The Kier molecular flexibility index (Phi) is 6.60. The van der Waals surface area contributed by atoms with Crippen molar-refractivity contribution in [3.05, 3.63) is 77.9 Å². The summed E-state index contributed by atoms with van der Waals surface area (Å²) < 4.78 is 7.68. The number of piperidine rings is 1. The summed E-state index contributed by atoms with van der Waals surface area (Å²) in [6.45, 7) is 3.85. The molecule has 2 aromatic heterocycles. The van der Waals surface area contributed by atoms with Crippen molar-refractivity contribution in [1.29, 1.82) is 0 Å². The predicted molar refractivity (Wildman–Crippen MR) is 124 cm³/mol. The van der Waals surface area contributed by atoms with E-state index in [0.29, 0.717) is 17.5 Å². The van der Waals surface area contributed by atoms with E-state index in [9.17, 15) is 0 Å². The number of likely N-dealkylation sites (tertiary alicyclic amines) is 1. The lowest BCUT2D eigenvalue weighted by atomic mass is 10.1. The Hall–Kier alpha value is -2.97. The number of nitrogens with zero attached hydrogens (tertiary/aromatic N) is 6. The second kappa shape index (κ2) is 10.1. The Bertz CT molecular complexity index is 1120. The van der Waals surface area contributed by atoms with E-state index >= 15 is 0 Å². The normalized spacial score (nSPS) is 14.6. The maximum Gasteiger partial charge on any atom is 0.257 e. The van der Waals surface area contributed by atoms with Crippen molar-refractivity contribution in [3.8, 4) is 11.5 Å². The average molecular weight is 447 g/mol. The first-order valence-electron chi connectivity index (χ1n) is 11.0. The highest BCUT2D eigenvalue weighted by molar-refractivity contribution is 7.98. The molecule has 0 unspecified atom stereocenters. The van der Waals surface area contributed by atoms with Crippen LogP contribution in [0.5, 0.6) is 0 Å². The molecule has 164 valence electrons. The molecule has 1 saturated heterocycles. The summed E-state index contributed by atoms with van der Waals surface area (Å²) in [6.07, 6.45) is 3.84. The average Bonchev–Trinajstić information content (AvgIpc) is 3.47. The molecular formula is C24H26N6OS. The lowest BCUT2D eigenvalue weighted by Gasteiger charge is -2.26. The summed E-state index contributed by atoms with van der Waals surface area (Å²) in [7, 11) is 0. The van der Waals surface area contributed by atoms with E-state index in [-0.39, 0.29) is 0 Å². The van der Waals surface area contributed by atoms with Crippen LogP contribution in [0.2, 0.25) is 0 Å². The Morgan fingerprint density at radius 1 is 0.844 bits per heavy atom. The third-order valence-electron chi connectivity index (χ3n) is 5.61. The largest absolute Gasteiger partial charge is 0.334 e. The van der Waals surface area contributed by atoms with E-state index in [0.717, 1.165) is 42.7 Å². The zero-order valence-electron chi connectivity index (χ0n) is 17.9. The quantitative estimate of drug-likeness (QED) is 0.365. The fourth-order valence-corrected chi connectivity index (χ4v) is 4.72. The summed E-state index contributed by atoms with van der Waals surface area (Å²) in [5.74, 6) is 2.78. The van der Waals surface area contributed by atoms with Gasteiger partial charge in [-0.05, 0) is 43.6 Å². The van der Waals surface area contributed by atoms with E-state index in [4.69, 9.17) is 4.52 Å². The molecule has 1 fully saturated rings. The Morgan fingerprint density at radius 2 is 1.59 bits per heavy atom. The van der Waals surface area contributed by atoms with Crippen molar-refractivity contribution < 1.29 is 4.52 Å². The number of rotatable bonds is 8. The molecule has 1 aliphatic rings. The number of thioether (sulfide) groups is 1. The minimum atomic E-state index is 0.540. The summed E-state index contributed by atoms with van der Waals surface area (Å²) in [4.78, 5) is 7.03. The second-order valence-electron chi connectivity index (χ2n) is 7.98. The van der Waals surface area contributed by atoms with Crippen molar-refractivity contribution >= 4 is 11.8 Å². The van der Waals surface area contributed by atoms with Gasteiger partial charge in [-0.25, -0.2) is 0 Å². The first-order chi connectivity index (χ1) is 15.8. The van der Waals surface area contributed by atoms with Crippen LogP contribution in [0, 0.1) is 0 Å². The molecule has 0 saturated carbocycles. The van der Waals surface area contributed by atoms with Crippen LogP contribution in [0.1, 0.15) is 36.5 Å². The van der Waals surface area contributed by atoms with Crippen molar-refractivity contribution in [2.75, 3.05) is 13.1 Å². The third kappa shape index (κ3) is 5.08. The zero-order valence-corrected chi connectivity index (χ0v) is 18.7. The number of benzene rings is 2. The molecule has 0 amide bonds. The zero-order chi connectivity index (χ0) is 21.6. The molecule has 0 spiro atoms. The van der Waals surface area contributed by atoms with Crippen LogP contribution in [0.4, 0.5) is 0 Å². The first kappa shape index (κ1) is 20.9. The molecule has 1 aliphatic heterocycles. The first-order valence-corrected chi connectivity index (χ1v) is 12.0. The molecule has 32 heavy (non-hydrogen) atoms. The topological polar surface area (TPSA) is 72.9 Å². The van der Waals surface area contributed by atoms with Gasteiger partial charge in [0, 0.05) is 5.56 Å². The molecule has 3 heterocycles. The van der Waals surface area contributed by atoms with Crippen molar-refractivity contribution in [2.45, 2.75) is 43.3 Å². The molecule has 0 aliphatic carbocycles. The van der Waals surface area contributed by atoms with Gasteiger partial charge in [0.15, 0.2) is 11.0 Å². The Balaban J connectivity index is 1.33. The maximum absolute atomic E-state index is 5.45. The summed E-state index contributed by atoms with van der Waals surface area (Å²) in [5, 5.41) is 14.1. The van der Waals surface area contributed by atoms with Crippen molar-refractivity contribution in [1.82, 2.24) is 29.8 Å². The summed E-state index contributed by atoms with van der Waals surface area (Å²) >= 11 is 1.60. The van der Waals surface area contributed by atoms with Gasteiger partial charge < -0.3 is 9.09 Å². The van der Waals surface area contributed by atoms with E-state index in [1.54, 1.807) is 11.8 Å². The van der Waals surface area contributed by atoms with E-state index in [2.05, 4.69) is 54.1 Å². The highest BCUT2D eigenvalue weighted by Crippen LogP contribution is 2.25. The van der Waals surface area contributed by atoms with Crippen LogP contribution < -0.4 is 0 Å². The number of aromatic nitrogens is 5. The third-order valence-corrected chi connectivity index (χ3v) is 6.57. The smallest absolute Gasteiger partial charge is 0.257 e. The van der Waals surface area contributed by atoms with Crippen LogP contribution in [-0.2, 0) is 18.8 Å². The highest BCUT2D eigenvalue weighted by atomic mass is 32.2. The van der Waals surface area contributed by atoms with Crippen LogP contribution in [-0.4, -0.2) is 42.9 Å². The number of hydrogen-bond donors (Lipinski definition) is 0.